The van der Waals surface area contributed by atoms with E-state index in [1.807, 2.05) is 0 Å². The summed E-state index contributed by atoms with van der Waals surface area (Å²) >= 11 is 0.763. The molecule has 0 aliphatic carbocycles. The Hall–Kier alpha value is -3.33. The van der Waals surface area contributed by atoms with Crippen LogP contribution in [-0.2, 0) is 9.59 Å². The fourth-order valence-electron chi connectivity index (χ4n) is 3.36. The van der Waals surface area contributed by atoms with Gasteiger partial charge in [0.25, 0.3) is 11.1 Å². The Bertz CT molecular complexity index is 1070. The minimum absolute atomic E-state index is 0.134. The lowest BCUT2D eigenvalue weighted by atomic mass is 10.1. The first-order valence-electron chi connectivity index (χ1n) is 9.39. The molecule has 2 aliphatic heterocycles. The molecule has 1 aromatic carbocycles. The van der Waals surface area contributed by atoms with Crippen LogP contribution >= 0.6 is 11.8 Å². The summed E-state index contributed by atoms with van der Waals surface area (Å²) in [6.07, 6.45) is 3.32. The molecule has 8 nitrogen and oxygen atoms in total. The van der Waals surface area contributed by atoms with Crippen molar-refractivity contribution in [3.8, 4) is 11.3 Å². The second kappa shape index (κ2) is 8.19. The van der Waals surface area contributed by atoms with Crippen LogP contribution in [-0.4, -0.2) is 57.6 Å². The molecular weight excluding hydrogens is 408 g/mol. The van der Waals surface area contributed by atoms with Gasteiger partial charge in [-0.1, -0.05) is 12.1 Å². The van der Waals surface area contributed by atoms with Gasteiger partial charge in [0, 0.05) is 24.7 Å². The van der Waals surface area contributed by atoms with Crippen LogP contribution in [0.25, 0.3) is 17.4 Å². The number of benzene rings is 1. The molecule has 154 valence electrons. The number of imide groups is 1. The van der Waals surface area contributed by atoms with Crippen molar-refractivity contribution in [2.45, 2.75) is 12.8 Å². The number of thioether (sulfide) groups is 1. The highest BCUT2D eigenvalue weighted by molar-refractivity contribution is 8.18. The molecule has 0 saturated carbocycles. The van der Waals surface area contributed by atoms with Crippen LogP contribution < -0.4 is 0 Å². The molecular formula is C21H18N2O6S. The average molecular weight is 426 g/mol. The van der Waals surface area contributed by atoms with E-state index in [1.165, 1.54) is 18.2 Å². The largest absolute Gasteiger partial charge is 0.478 e. The maximum Gasteiger partial charge on any atom is 0.335 e. The SMILES string of the molecule is O=C(O)c1cccc(-c2ccc(C=C3SC(=O)N(CC(=O)N4CCCC4)C3=O)o2)c1. The zero-order valence-corrected chi connectivity index (χ0v) is 16.7. The molecule has 1 aromatic heterocycles. The van der Waals surface area contributed by atoms with Crippen LogP contribution in [0.15, 0.2) is 45.7 Å². The molecule has 9 heteroatoms. The quantitative estimate of drug-likeness (QED) is 0.731. The summed E-state index contributed by atoms with van der Waals surface area (Å²) in [5.41, 5.74) is 0.716. The molecule has 1 N–H and O–H groups in total. The lowest BCUT2D eigenvalue weighted by Crippen LogP contribution is -2.40. The van der Waals surface area contributed by atoms with Crippen LogP contribution in [0, 0.1) is 0 Å². The standard InChI is InChI=1S/C21H18N2O6S/c24-18(22-8-1-2-9-22)12-23-19(25)17(30-21(23)28)11-15-6-7-16(29-15)13-4-3-5-14(10-13)20(26)27/h3-7,10-11H,1-2,8-9,12H2,(H,26,27). The van der Waals surface area contributed by atoms with Crippen LogP contribution in [0.3, 0.4) is 0 Å². The number of rotatable bonds is 5. The Labute approximate surface area is 176 Å². The van der Waals surface area contributed by atoms with E-state index in [9.17, 15) is 19.2 Å². The number of furan rings is 1. The van der Waals surface area contributed by atoms with Crippen molar-refractivity contribution >= 4 is 40.9 Å². The summed E-state index contributed by atoms with van der Waals surface area (Å²) in [5.74, 6) is -1.01. The first kappa shape index (κ1) is 20.0. The number of carboxylic acids is 1. The average Bonchev–Trinajstić information content (AvgIpc) is 3.47. The van der Waals surface area contributed by atoms with Crippen LogP contribution in [0.1, 0.15) is 29.0 Å². The van der Waals surface area contributed by atoms with Crippen molar-refractivity contribution in [3.05, 3.63) is 52.6 Å². The summed E-state index contributed by atoms with van der Waals surface area (Å²) in [5, 5.41) is 8.63. The molecule has 30 heavy (non-hydrogen) atoms. The minimum Gasteiger partial charge on any atom is -0.478 e. The van der Waals surface area contributed by atoms with Crippen LogP contribution in [0.5, 0.6) is 0 Å². The van der Waals surface area contributed by atoms with E-state index in [4.69, 9.17) is 9.52 Å². The van der Waals surface area contributed by atoms with E-state index < -0.39 is 17.1 Å². The lowest BCUT2D eigenvalue weighted by molar-refractivity contribution is -0.135. The molecule has 0 atom stereocenters. The zero-order chi connectivity index (χ0) is 21.3. The number of carboxylic acid groups (broad SMARTS) is 1. The number of amides is 3. The Kier molecular flexibility index (Phi) is 5.45. The molecule has 2 aromatic rings. The van der Waals surface area contributed by atoms with Gasteiger partial charge in [-0.3, -0.25) is 19.3 Å². The van der Waals surface area contributed by atoms with Crippen molar-refractivity contribution < 1.29 is 28.7 Å². The second-order valence-corrected chi connectivity index (χ2v) is 7.94. The number of carbonyl (C=O) groups is 4. The molecule has 2 aliphatic rings. The topological polar surface area (TPSA) is 108 Å². The Balaban J connectivity index is 1.49. The lowest BCUT2D eigenvalue weighted by Gasteiger charge is -2.18. The molecule has 0 spiro atoms. The number of hydrogen-bond donors (Lipinski definition) is 1. The fourth-order valence-corrected chi connectivity index (χ4v) is 4.18. The first-order valence-corrected chi connectivity index (χ1v) is 10.2. The van der Waals surface area contributed by atoms with Gasteiger partial charge in [-0.25, -0.2) is 4.79 Å². The van der Waals surface area contributed by atoms with Gasteiger partial charge in [-0.2, -0.15) is 0 Å². The van der Waals surface area contributed by atoms with E-state index in [-0.39, 0.29) is 22.9 Å². The number of likely N-dealkylation sites (tertiary alicyclic amines) is 1. The predicted molar refractivity (Wildman–Crippen MR) is 110 cm³/mol. The van der Waals surface area contributed by atoms with Crippen molar-refractivity contribution in [2.24, 2.45) is 0 Å². The molecule has 3 heterocycles. The molecule has 0 bridgehead atoms. The van der Waals surface area contributed by atoms with Crippen molar-refractivity contribution in [2.75, 3.05) is 19.6 Å². The number of carbonyl (C=O) groups excluding carboxylic acids is 3. The minimum atomic E-state index is -1.04. The normalized spacial score (nSPS) is 17.9. The Morgan fingerprint density at radius 3 is 2.63 bits per heavy atom. The second-order valence-electron chi connectivity index (χ2n) is 6.94. The maximum absolute atomic E-state index is 12.6. The first-order chi connectivity index (χ1) is 14.4. The van der Waals surface area contributed by atoms with E-state index in [0.717, 1.165) is 29.5 Å². The van der Waals surface area contributed by atoms with E-state index in [1.54, 1.807) is 29.2 Å². The smallest absolute Gasteiger partial charge is 0.335 e. The predicted octanol–water partition coefficient (Wildman–Crippen LogP) is 3.30. The number of nitrogens with zero attached hydrogens (tertiary/aromatic N) is 2. The van der Waals surface area contributed by atoms with Crippen LogP contribution in [0.2, 0.25) is 0 Å². The highest BCUT2D eigenvalue weighted by Crippen LogP contribution is 2.33. The summed E-state index contributed by atoms with van der Waals surface area (Å²) in [6.45, 7) is 1.06. The van der Waals surface area contributed by atoms with Gasteiger partial charge in [0.15, 0.2) is 0 Å². The third-order valence-electron chi connectivity index (χ3n) is 4.92. The molecule has 3 amide bonds. The van der Waals surface area contributed by atoms with Gasteiger partial charge in [0.2, 0.25) is 5.91 Å². The summed E-state index contributed by atoms with van der Waals surface area (Å²) in [7, 11) is 0. The number of hydrogen-bond acceptors (Lipinski definition) is 6. The Morgan fingerprint density at radius 2 is 1.90 bits per heavy atom. The van der Waals surface area contributed by atoms with Gasteiger partial charge in [0.05, 0.1) is 10.5 Å². The third kappa shape index (κ3) is 4.02. The van der Waals surface area contributed by atoms with Gasteiger partial charge < -0.3 is 14.4 Å². The summed E-state index contributed by atoms with van der Waals surface area (Å²) < 4.78 is 5.71. The molecule has 2 saturated heterocycles. The fraction of sp³-hybridized carbons (Fsp3) is 0.238. The van der Waals surface area contributed by atoms with Gasteiger partial charge in [-0.15, -0.1) is 0 Å². The monoisotopic (exact) mass is 426 g/mol. The van der Waals surface area contributed by atoms with Gasteiger partial charge in [-0.05, 0) is 48.9 Å². The number of aromatic carboxylic acids is 1. The highest BCUT2D eigenvalue weighted by Gasteiger charge is 2.37. The van der Waals surface area contributed by atoms with Crippen LogP contribution in [0.4, 0.5) is 4.79 Å². The van der Waals surface area contributed by atoms with Crippen molar-refractivity contribution in [1.29, 1.82) is 0 Å². The van der Waals surface area contributed by atoms with E-state index in [0.29, 0.717) is 30.2 Å². The summed E-state index contributed by atoms with van der Waals surface area (Å²) in [6, 6.07) is 9.59. The highest BCUT2D eigenvalue weighted by atomic mass is 32.2. The Morgan fingerprint density at radius 1 is 1.13 bits per heavy atom. The molecule has 2 fully saturated rings. The van der Waals surface area contributed by atoms with Gasteiger partial charge >= 0.3 is 5.97 Å². The summed E-state index contributed by atoms with van der Waals surface area (Å²) in [4.78, 5) is 51.1. The third-order valence-corrected chi connectivity index (χ3v) is 5.83. The molecule has 0 unspecified atom stereocenters. The van der Waals surface area contributed by atoms with Gasteiger partial charge in [0.1, 0.15) is 18.1 Å². The van der Waals surface area contributed by atoms with E-state index in [2.05, 4.69) is 0 Å². The molecule has 4 rings (SSSR count). The van der Waals surface area contributed by atoms with E-state index >= 15 is 0 Å². The van der Waals surface area contributed by atoms with Crippen molar-refractivity contribution in [3.63, 3.8) is 0 Å². The zero-order valence-electron chi connectivity index (χ0n) is 15.9. The van der Waals surface area contributed by atoms with Crippen molar-refractivity contribution in [1.82, 2.24) is 9.80 Å². The maximum atomic E-state index is 12.6. The molecule has 0 radical (unpaired) electrons.